The van der Waals surface area contributed by atoms with Gasteiger partial charge in [-0.3, -0.25) is 4.90 Å². The van der Waals surface area contributed by atoms with Gasteiger partial charge >= 0.3 is 6.03 Å². The molecule has 1 atom stereocenters. The number of carbonyl (C=O) groups excluding carboxylic acids is 1. The summed E-state index contributed by atoms with van der Waals surface area (Å²) in [7, 11) is 0. The normalized spacial score (nSPS) is 12.0. The third kappa shape index (κ3) is 8.03. The minimum absolute atomic E-state index is 0.198. The molecule has 0 saturated carbocycles. The van der Waals surface area contributed by atoms with E-state index in [1.807, 2.05) is 36.4 Å². The summed E-state index contributed by atoms with van der Waals surface area (Å²) in [4.78, 5) is 14.4. The lowest BCUT2D eigenvalue weighted by Gasteiger charge is -2.29. The van der Waals surface area contributed by atoms with E-state index in [2.05, 4.69) is 29.4 Å². The van der Waals surface area contributed by atoms with Gasteiger partial charge in [-0.25, -0.2) is 9.18 Å². The van der Waals surface area contributed by atoms with Crippen LogP contribution < -0.4 is 10.6 Å². The van der Waals surface area contributed by atoms with E-state index >= 15 is 0 Å². The number of amides is 2. The molecule has 1 unspecified atom stereocenters. The van der Waals surface area contributed by atoms with Crippen LogP contribution in [0.25, 0.3) is 0 Å². The lowest BCUT2D eigenvalue weighted by molar-refractivity contribution is 0.203. The average molecular weight is 420 g/mol. The molecule has 2 aromatic rings. The van der Waals surface area contributed by atoms with Gasteiger partial charge in [0.2, 0.25) is 0 Å². The van der Waals surface area contributed by atoms with Gasteiger partial charge in [0.05, 0.1) is 0 Å². The number of benzene rings is 2. The van der Waals surface area contributed by atoms with Crippen LogP contribution in [-0.4, -0.2) is 30.6 Å². The zero-order valence-corrected chi connectivity index (χ0v) is 18.0. The average Bonchev–Trinajstić information content (AvgIpc) is 2.72. The van der Waals surface area contributed by atoms with Crippen LogP contribution >= 0.6 is 11.6 Å². The Morgan fingerprint density at radius 1 is 1.07 bits per heavy atom. The van der Waals surface area contributed by atoms with Crippen molar-refractivity contribution in [3.63, 3.8) is 0 Å². The summed E-state index contributed by atoms with van der Waals surface area (Å²) in [6, 6.07) is 14.2. The Bertz CT molecular complexity index is 754. The highest BCUT2D eigenvalue weighted by molar-refractivity contribution is 6.31. The summed E-state index contributed by atoms with van der Waals surface area (Å²) >= 11 is 6.10. The molecule has 2 aromatic carbocycles. The van der Waals surface area contributed by atoms with E-state index in [4.69, 9.17) is 11.6 Å². The Labute approximate surface area is 178 Å². The fourth-order valence-corrected chi connectivity index (χ4v) is 3.38. The first-order chi connectivity index (χ1) is 14.0. The molecule has 2 N–H and O–H groups in total. The number of hydrogen-bond donors (Lipinski definition) is 2. The van der Waals surface area contributed by atoms with Crippen molar-refractivity contribution in [1.29, 1.82) is 0 Å². The molecule has 0 aliphatic rings. The number of nitrogens with one attached hydrogen (secondary N) is 2. The van der Waals surface area contributed by atoms with Gasteiger partial charge in [0.15, 0.2) is 0 Å². The molecule has 29 heavy (non-hydrogen) atoms. The summed E-state index contributed by atoms with van der Waals surface area (Å²) in [6.45, 7) is 7.15. The van der Waals surface area contributed by atoms with Crippen LogP contribution in [0.5, 0.6) is 0 Å². The molecule has 0 fully saturated rings. The Hall–Kier alpha value is -2.11. The number of unbranched alkanes of at least 4 members (excludes halogenated alkanes) is 1. The SMILES string of the molecule is CCCCN(CCCNC(=O)NCc1ccccc1Cl)C(C)c1ccc(F)cc1. The largest absolute Gasteiger partial charge is 0.338 e. The second-order valence-electron chi connectivity index (χ2n) is 7.17. The van der Waals surface area contributed by atoms with Crippen molar-refractivity contribution < 1.29 is 9.18 Å². The van der Waals surface area contributed by atoms with E-state index in [1.54, 1.807) is 0 Å². The molecule has 0 aromatic heterocycles. The van der Waals surface area contributed by atoms with E-state index in [0.717, 1.165) is 43.5 Å². The monoisotopic (exact) mass is 419 g/mol. The lowest BCUT2D eigenvalue weighted by Crippen LogP contribution is -2.37. The van der Waals surface area contributed by atoms with Gasteiger partial charge in [0.1, 0.15) is 5.82 Å². The van der Waals surface area contributed by atoms with Gasteiger partial charge in [0.25, 0.3) is 0 Å². The predicted octanol–water partition coefficient (Wildman–Crippen LogP) is 5.53. The lowest BCUT2D eigenvalue weighted by atomic mass is 10.1. The Morgan fingerprint density at radius 2 is 1.76 bits per heavy atom. The van der Waals surface area contributed by atoms with E-state index in [1.165, 1.54) is 12.1 Å². The number of hydrogen-bond acceptors (Lipinski definition) is 2. The van der Waals surface area contributed by atoms with Crippen molar-refractivity contribution in [3.05, 3.63) is 70.5 Å². The van der Waals surface area contributed by atoms with Gasteiger partial charge in [-0.15, -0.1) is 0 Å². The molecule has 6 heteroatoms. The molecule has 0 aliphatic heterocycles. The van der Waals surface area contributed by atoms with Crippen molar-refractivity contribution >= 4 is 17.6 Å². The fourth-order valence-electron chi connectivity index (χ4n) is 3.18. The van der Waals surface area contributed by atoms with Crippen LogP contribution in [-0.2, 0) is 6.54 Å². The van der Waals surface area contributed by atoms with Gasteiger partial charge in [0, 0.05) is 30.7 Å². The maximum absolute atomic E-state index is 13.2. The van der Waals surface area contributed by atoms with Crippen LogP contribution in [0.1, 0.15) is 50.3 Å². The van der Waals surface area contributed by atoms with Crippen LogP contribution in [0.15, 0.2) is 48.5 Å². The molecule has 0 heterocycles. The zero-order chi connectivity index (χ0) is 21.1. The van der Waals surface area contributed by atoms with E-state index < -0.39 is 0 Å². The van der Waals surface area contributed by atoms with Crippen LogP contribution in [0, 0.1) is 5.82 Å². The summed E-state index contributed by atoms with van der Waals surface area (Å²) in [6.07, 6.45) is 3.07. The molecule has 0 aliphatic carbocycles. The molecule has 4 nitrogen and oxygen atoms in total. The molecular formula is C23H31ClFN3O. The molecule has 0 bridgehead atoms. The standard InChI is InChI=1S/C23H31ClFN3O/c1-3-4-15-28(18(2)19-10-12-21(25)13-11-19)16-7-14-26-23(29)27-17-20-8-5-6-9-22(20)24/h5-6,8-13,18H,3-4,7,14-17H2,1-2H3,(H2,26,27,29). The Balaban J connectivity index is 1.76. The van der Waals surface area contributed by atoms with Crippen LogP contribution in [0.3, 0.4) is 0 Å². The van der Waals surface area contributed by atoms with Crippen LogP contribution in [0.2, 0.25) is 5.02 Å². The van der Waals surface area contributed by atoms with Gasteiger partial charge in [-0.05, 0) is 55.6 Å². The summed E-state index contributed by atoms with van der Waals surface area (Å²) < 4.78 is 13.2. The highest BCUT2D eigenvalue weighted by Crippen LogP contribution is 2.21. The summed E-state index contributed by atoms with van der Waals surface area (Å²) in [5.74, 6) is -0.215. The zero-order valence-electron chi connectivity index (χ0n) is 17.3. The van der Waals surface area contributed by atoms with Crippen molar-refractivity contribution in [1.82, 2.24) is 15.5 Å². The molecule has 0 spiro atoms. The topological polar surface area (TPSA) is 44.4 Å². The van der Waals surface area contributed by atoms with E-state index in [0.29, 0.717) is 18.1 Å². The molecule has 0 saturated heterocycles. The number of carbonyl (C=O) groups is 1. The third-order valence-corrected chi connectivity index (χ3v) is 5.37. The summed E-state index contributed by atoms with van der Waals surface area (Å²) in [5, 5.41) is 6.38. The molecular weight excluding hydrogens is 389 g/mol. The predicted molar refractivity (Wildman–Crippen MR) is 118 cm³/mol. The Kier molecular flexibility index (Phi) is 9.95. The quantitative estimate of drug-likeness (QED) is 0.470. The minimum atomic E-state index is -0.215. The fraction of sp³-hybridized carbons (Fsp3) is 0.435. The van der Waals surface area contributed by atoms with Crippen molar-refractivity contribution in [3.8, 4) is 0 Å². The molecule has 158 valence electrons. The van der Waals surface area contributed by atoms with Crippen molar-refractivity contribution in [2.45, 2.75) is 45.7 Å². The first-order valence-corrected chi connectivity index (χ1v) is 10.6. The number of halogens is 2. The molecule has 2 rings (SSSR count). The summed E-state index contributed by atoms with van der Waals surface area (Å²) in [5.41, 5.74) is 2.00. The van der Waals surface area contributed by atoms with Gasteiger partial charge in [-0.1, -0.05) is 55.3 Å². The third-order valence-electron chi connectivity index (χ3n) is 5.00. The number of nitrogens with zero attached hydrogens (tertiary/aromatic N) is 1. The molecule has 2 amide bonds. The second-order valence-corrected chi connectivity index (χ2v) is 7.58. The molecule has 0 radical (unpaired) electrons. The van der Waals surface area contributed by atoms with E-state index in [9.17, 15) is 9.18 Å². The smallest absolute Gasteiger partial charge is 0.315 e. The first kappa shape index (κ1) is 23.2. The van der Waals surface area contributed by atoms with Crippen molar-refractivity contribution in [2.24, 2.45) is 0 Å². The van der Waals surface area contributed by atoms with Crippen LogP contribution in [0.4, 0.5) is 9.18 Å². The van der Waals surface area contributed by atoms with E-state index in [-0.39, 0.29) is 17.9 Å². The minimum Gasteiger partial charge on any atom is -0.338 e. The number of urea groups is 1. The second kappa shape index (κ2) is 12.5. The maximum atomic E-state index is 13.2. The van der Waals surface area contributed by atoms with Gasteiger partial charge in [-0.2, -0.15) is 0 Å². The van der Waals surface area contributed by atoms with Gasteiger partial charge < -0.3 is 10.6 Å². The number of rotatable bonds is 11. The highest BCUT2D eigenvalue weighted by Gasteiger charge is 2.15. The maximum Gasteiger partial charge on any atom is 0.315 e. The van der Waals surface area contributed by atoms with Crippen molar-refractivity contribution in [2.75, 3.05) is 19.6 Å². The highest BCUT2D eigenvalue weighted by atomic mass is 35.5. The Morgan fingerprint density at radius 3 is 2.45 bits per heavy atom. The first-order valence-electron chi connectivity index (χ1n) is 10.3.